The third kappa shape index (κ3) is 4.40. The van der Waals surface area contributed by atoms with Gasteiger partial charge in [0.05, 0.1) is 16.5 Å². The Balaban J connectivity index is 1.27. The van der Waals surface area contributed by atoms with E-state index < -0.39 is 4.92 Å². The van der Waals surface area contributed by atoms with Crippen molar-refractivity contribution in [1.29, 1.82) is 0 Å². The summed E-state index contributed by atoms with van der Waals surface area (Å²) in [4.78, 5) is 29.8. The molecule has 9 heteroatoms. The number of aryl methyl sites for hydroxylation is 2. The molecule has 0 fully saturated rings. The Kier molecular flexibility index (Phi) is 5.70. The summed E-state index contributed by atoms with van der Waals surface area (Å²) in [5.74, 6) is 0.663. The molecule has 0 atom stereocenters. The van der Waals surface area contributed by atoms with Crippen LogP contribution in [0.15, 0.2) is 64.8 Å². The van der Waals surface area contributed by atoms with E-state index in [1.807, 2.05) is 24.3 Å². The van der Waals surface area contributed by atoms with Gasteiger partial charge < -0.3 is 4.74 Å². The van der Waals surface area contributed by atoms with Gasteiger partial charge in [-0.1, -0.05) is 0 Å². The van der Waals surface area contributed by atoms with E-state index >= 15 is 0 Å². The summed E-state index contributed by atoms with van der Waals surface area (Å²) in [6.45, 7) is 0.303. The molecule has 2 aromatic heterocycles. The second kappa shape index (κ2) is 8.95. The molecule has 5 rings (SSSR count). The van der Waals surface area contributed by atoms with E-state index in [0.29, 0.717) is 17.7 Å². The predicted octanol–water partition coefficient (Wildman–Crippen LogP) is 4.71. The maximum absolute atomic E-state index is 13.0. The first kappa shape index (κ1) is 21.0. The van der Waals surface area contributed by atoms with Crippen LogP contribution < -0.4 is 10.3 Å². The smallest absolute Gasteiger partial charge is 0.282 e. The Morgan fingerprint density at radius 2 is 1.88 bits per heavy atom. The maximum Gasteiger partial charge on any atom is 0.282 e. The van der Waals surface area contributed by atoms with Crippen LogP contribution in [0.2, 0.25) is 0 Å². The Labute approximate surface area is 192 Å². The maximum atomic E-state index is 13.0. The number of thiophene rings is 1. The molecular formula is C24H20N4O4S. The zero-order valence-electron chi connectivity index (χ0n) is 17.6. The minimum absolute atomic E-state index is 0.0507. The molecule has 4 aromatic rings. The highest BCUT2D eigenvalue weighted by molar-refractivity contribution is 7.18. The molecule has 0 N–H and O–H groups in total. The molecule has 1 aliphatic rings. The van der Waals surface area contributed by atoms with Crippen LogP contribution >= 0.6 is 11.3 Å². The average Bonchev–Trinajstić information content (AvgIpc) is 3.23. The number of hydrogen-bond acceptors (Lipinski definition) is 7. The Bertz CT molecular complexity index is 1410. The van der Waals surface area contributed by atoms with Gasteiger partial charge in [0.15, 0.2) is 0 Å². The lowest BCUT2D eigenvalue weighted by molar-refractivity contribution is -0.384. The first-order valence-corrected chi connectivity index (χ1v) is 11.4. The van der Waals surface area contributed by atoms with Crippen LogP contribution in [0.3, 0.4) is 0 Å². The van der Waals surface area contributed by atoms with Gasteiger partial charge in [-0.05, 0) is 78.8 Å². The van der Waals surface area contributed by atoms with E-state index in [9.17, 15) is 14.9 Å². The van der Waals surface area contributed by atoms with E-state index in [-0.39, 0.29) is 11.2 Å². The number of ether oxygens (including phenoxy) is 1. The summed E-state index contributed by atoms with van der Waals surface area (Å²) in [6.07, 6.45) is 7.33. The number of benzene rings is 2. The number of nitrogens with zero attached hydrogens (tertiary/aromatic N) is 4. The molecule has 0 bridgehead atoms. The molecule has 0 spiro atoms. The molecule has 8 nitrogen and oxygen atoms in total. The number of nitro benzene ring substituents is 1. The predicted molar refractivity (Wildman–Crippen MR) is 127 cm³/mol. The SMILES string of the molecule is O=c1c2c3c(sc2ncn1/N=C\c1ccc(OCc2ccc([N+](=O)[O-])cc2)cc1)CCCC3. The van der Waals surface area contributed by atoms with Gasteiger partial charge in [0, 0.05) is 17.0 Å². The fourth-order valence-electron chi connectivity index (χ4n) is 3.88. The van der Waals surface area contributed by atoms with E-state index in [4.69, 9.17) is 4.74 Å². The van der Waals surface area contributed by atoms with E-state index in [0.717, 1.165) is 40.8 Å². The largest absolute Gasteiger partial charge is 0.489 e. The van der Waals surface area contributed by atoms with Crippen LogP contribution in [0.4, 0.5) is 5.69 Å². The second-order valence-electron chi connectivity index (χ2n) is 7.81. The first-order valence-electron chi connectivity index (χ1n) is 10.6. The van der Waals surface area contributed by atoms with Crippen molar-refractivity contribution in [2.75, 3.05) is 0 Å². The van der Waals surface area contributed by atoms with Crippen molar-refractivity contribution in [3.05, 3.63) is 96.9 Å². The van der Waals surface area contributed by atoms with Crippen molar-refractivity contribution in [3.8, 4) is 5.75 Å². The number of aromatic nitrogens is 2. The van der Waals surface area contributed by atoms with Crippen molar-refractivity contribution in [2.45, 2.75) is 32.3 Å². The third-order valence-electron chi connectivity index (χ3n) is 5.62. The number of non-ortho nitro benzene ring substituents is 1. The number of fused-ring (bicyclic) bond motifs is 3. The number of nitro groups is 1. The molecule has 0 unspecified atom stereocenters. The molecule has 0 aliphatic heterocycles. The second-order valence-corrected chi connectivity index (χ2v) is 8.89. The Morgan fingerprint density at radius 1 is 1.12 bits per heavy atom. The van der Waals surface area contributed by atoms with Crippen LogP contribution in [0.25, 0.3) is 10.2 Å². The molecule has 2 heterocycles. The van der Waals surface area contributed by atoms with E-state index in [2.05, 4.69) is 10.1 Å². The highest BCUT2D eigenvalue weighted by atomic mass is 32.1. The van der Waals surface area contributed by atoms with Gasteiger partial charge in [-0.15, -0.1) is 11.3 Å². The number of hydrogen-bond donors (Lipinski definition) is 0. The van der Waals surface area contributed by atoms with Gasteiger partial charge in [0.1, 0.15) is 23.5 Å². The normalized spacial score (nSPS) is 13.3. The summed E-state index contributed by atoms with van der Waals surface area (Å²) in [5, 5.41) is 15.8. The average molecular weight is 461 g/mol. The quantitative estimate of drug-likeness (QED) is 0.236. The monoisotopic (exact) mass is 460 g/mol. The lowest BCUT2D eigenvalue weighted by Crippen LogP contribution is -2.18. The number of rotatable bonds is 6. The molecular weight excluding hydrogens is 440 g/mol. The summed E-state index contributed by atoms with van der Waals surface area (Å²) in [5.41, 5.74) is 2.73. The minimum Gasteiger partial charge on any atom is -0.489 e. The topological polar surface area (TPSA) is 99.6 Å². The third-order valence-corrected chi connectivity index (χ3v) is 6.82. The van der Waals surface area contributed by atoms with E-state index in [1.165, 1.54) is 34.4 Å². The van der Waals surface area contributed by atoms with Gasteiger partial charge in [-0.3, -0.25) is 14.9 Å². The fraction of sp³-hybridized carbons (Fsp3) is 0.208. The molecule has 2 aromatic carbocycles. The van der Waals surface area contributed by atoms with Gasteiger partial charge in [-0.2, -0.15) is 9.78 Å². The van der Waals surface area contributed by atoms with Gasteiger partial charge in [0.2, 0.25) is 0 Å². The van der Waals surface area contributed by atoms with Crippen molar-refractivity contribution in [3.63, 3.8) is 0 Å². The zero-order valence-corrected chi connectivity index (χ0v) is 18.5. The van der Waals surface area contributed by atoms with Gasteiger partial charge in [-0.25, -0.2) is 4.98 Å². The van der Waals surface area contributed by atoms with Gasteiger partial charge in [0.25, 0.3) is 11.2 Å². The zero-order chi connectivity index (χ0) is 22.8. The van der Waals surface area contributed by atoms with Crippen LogP contribution in [-0.2, 0) is 19.4 Å². The van der Waals surface area contributed by atoms with Crippen molar-refractivity contribution < 1.29 is 9.66 Å². The Hall–Kier alpha value is -3.85. The van der Waals surface area contributed by atoms with Crippen LogP contribution in [0, 0.1) is 10.1 Å². The molecule has 166 valence electrons. The highest BCUT2D eigenvalue weighted by Crippen LogP contribution is 2.33. The van der Waals surface area contributed by atoms with Crippen LogP contribution in [-0.4, -0.2) is 20.8 Å². The minimum atomic E-state index is -0.429. The summed E-state index contributed by atoms with van der Waals surface area (Å²) in [6, 6.07) is 13.6. The molecule has 0 saturated carbocycles. The van der Waals surface area contributed by atoms with Crippen molar-refractivity contribution >= 4 is 33.5 Å². The summed E-state index contributed by atoms with van der Waals surface area (Å²) >= 11 is 1.62. The van der Waals surface area contributed by atoms with Crippen LogP contribution in [0.1, 0.15) is 34.4 Å². The summed E-state index contributed by atoms with van der Waals surface area (Å²) < 4.78 is 7.04. The highest BCUT2D eigenvalue weighted by Gasteiger charge is 2.19. The van der Waals surface area contributed by atoms with E-state index in [1.54, 1.807) is 29.7 Å². The molecule has 33 heavy (non-hydrogen) atoms. The van der Waals surface area contributed by atoms with Gasteiger partial charge >= 0.3 is 0 Å². The molecule has 0 radical (unpaired) electrons. The molecule has 0 amide bonds. The Morgan fingerprint density at radius 3 is 2.64 bits per heavy atom. The summed E-state index contributed by atoms with van der Waals surface area (Å²) in [7, 11) is 0. The molecule has 0 saturated heterocycles. The lowest BCUT2D eigenvalue weighted by atomic mass is 9.97. The fourth-order valence-corrected chi connectivity index (χ4v) is 5.10. The molecule has 1 aliphatic carbocycles. The van der Waals surface area contributed by atoms with Crippen LogP contribution in [0.5, 0.6) is 5.75 Å². The van der Waals surface area contributed by atoms with Crippen molar-refractivity contribution in [2.24, 2.45) is 5.10 Å². The lowest BCUT2D eigenvalue weighted by Gasteiger charge is -2.09. The standard InChI is InChI=1S/C24H20N4O4S/c29-24-22-20-3-1-2-4-21(20)33-23(22)25-15-27(24)26-13-16-7-11-19(12-8-16)32-14-17-5-9-18(10-6-17)28(30)31/h5-13,15H,1-4,14H2/b26-13-. The van der Waals surface area contributed by atoms with Crippen molar-refractivity contribution in [1.82, 2.24) is 9.66 Å². The first-order chi connectivity index (χ1) is 16.1.